The maximum absolute atomic E-state index is 5.74. The van der Waals surface area contributed by atoms with Crippen LogP contribution < -0.4 is 5.73 Å². The van der Waals surface area contributed by atoms with E-state index in [-0.39, 0.29) is 0 Å². The number of rotatable bonds is 3. The van der Waals surface area contributed by atoms with Gasteiger partial charge in [0.05, 0.1) is 6.33 Å². The van der Waals surface area contributed by atoms with E-state index < -0.39 is 0 Å². The number of nitrogen functional groups attached to an aromatic ring is 1. The van der Waals surface area contributed by atoms with Gasteiger partial charge in [-0.2, -0.15) is 0 Å². The van der Waals surface area contributed by atoms with Crippen LogP contribution in [0.15, 0.2) is 36.5 Å². The van der Waals surface area contributed by atoms with E-state index in [1.165, 1.54) is 11.9 Å². The molecule has 0 atom stereocenters. The Bertz CT molecular complexity index is 608. The molecule has 86 valence electrons. The Morgan fingerprint density at radius 1 is 1.29 bits per heavy atom. The lowest BCUT2D eigenvalue weighted by Crippen LogP contribution is -2.00. The second-order valence-electron chi connectivity index (χ2n) is 4.08. The molecule has 0 fully saturated rings. The second kappa shape index (κ2) is 4.01. The lowest BCUT2D eigenvalue weighted by Gasteiger charge is -2.04. The van der Waals surface area contributed by atoms with Crippen LogP contribution in [-0.2, 0) is 6.54 Å². The normalized spacial score (nSPS) is 14.5. The number of aromatic nitrogens is 4. The summed E-state index contributed by atoms with van der Waals surface area (Å²) in [5, 5.41) is 0. The molecule has 3 rings (SSSR count). The van der Waals surface area contributed by atoms with Crippen molar-refractivity contribution in [3.63, 3.8) is 0 Å². The molecule has 0 saturated carbocycles. The topological polar surface area (TPSA) is 69.6 Å². The average molecular weight is 227 g/mol. The summed E-state index contributed by atoms with van der Waals surface area (Å²) in [5.74, 6) is 0.440. The lowest BCUT2D eigenvalue weighted by molar-refractivity contribution is 0.699. The molecule has 0 saturated heterocycles. The van der Waals surface area contributed by atoms with Crippen molar-refractivity contribution in [1.29, 1.82) is 0 Å². The molecule has 0 spiro atoms. The number of allylic oxidation sites excluding steroid dienone is 4. The fourth-order valence-electron chi connectivity index (χ4n) is 2.00. The number of aryl methyl sites for hydroxylation is 1. The predicted octanol–water partition coefficient (Wildman–Crippen LogP) is 1.68. The van der Waals surface area contributed by atoms with Gasteiger partial charge in [0.1, 0.15) is 11.8 Å². The van der Waals surface area contributed by atoms with Gasteiger partial charge in [-0.05, 0) is 12.8 Å². The quantitative estimate of drug-likeness (QED) is 0.866. The highest BCUT2D eigenvalue weighted by Crippen LogP contribution is 2.18. The van der Waals surface area contributed by atoms with E-state index >= 15 is 0 Å². The fraction of sp³-hybridized carbons (Fsp3) is 0.250. The van der Waals surface area contributed by atoms with E-state index in [0.29, 0.717) is 11.3 Å². The zero-order valence-corrected chi connectivity index (χ0v) is 9.37. The number of fused-ring (bicyclic) bond motifs is 1. The first kappa shape index (κ1) is 10.0. The first-order chi connectivity index (χ1) is 8.34. The molecule has 1 aliphatic rings. The standard InChI is InChI=1S/C12H13N5/c13-11-10-12(15-7-14-11)17(8-16-10)6-5-9-3-1-2-4-9/h1-3,7-8H,4-6H2,(H2,13,14,15). The average Bonchev–Trinajstić information content (AvgIpc) is 2.95. The van der Waals surface area contributed by atoms with E-state index in [1.54, 1.807) is 6.33 Å². The Hall–Kier alpha value is -2.17. The molecule has 0 aliphatic heterocycles. The highest BCUT2D eigenvalue weighted by atomic mass is 15.1. The van der Waals surface area contributed by atoms with Gasteiger partial charge in [-0.15, -0.1) is 0 Å². The maximum Gasteiger partial charge on any atom is 0.165 e. The van der Waals surface area contributed by atoms with Crippen LogP contribution in [0.5, 0.6) is 0 Å². The van der Waals surface area contributed by atoms with Gasteiger partial charge in [0.25, 0.3) is 0 Å². The van der Waals surface area contributed by atoms with E-state index in [2.05, 4.69) is 33.2 Å². The lowest BCUT2D eigenvalue weighted by atomic mass is 10.1. The van der Waals surface area contributed by atoms with Crippen LogP contribution in [0.25, 0.3) is 11.2 Å². The zero-order chi connectivity index (χ0) is 11.7. The molecule has 0 amide bonds. The molecule has 1 aliphatic carbocycles. The summed E-state index contributed by atoms with van der Waals surface area (Å²) in [6.07, 6.45) is 11.8. The zero-order valence-electron chi connectivity index (χ0n) is 9.37. The third-order valence-electron chi connectivity index (χ3n) is 2.95. The Morgan fingerprint density at radius 3 is 3.06 bits per heavy atom. The highest BCUT2D eigenvalue weighted by Gasteiger charge is 2.08. The molecule has 2 N–H and O–H groups in total. The summed E-state index contributed by atoms with van der Waals surface area (Å²) >= 11 is 0. The minimum absolute atomic E-state index is 0.440. The molecule has 17 heavy (non-hydrogen) atoms. The molecule has 2 aromatic heterocycles. The smallest absolute Gasteiger partial charge is 0.165 e. The van der Waals surface area contributed by atoms with E-state index in [9.17, 15) is 0 Å². The van der Waals surface area contributed by atoms with E-state index in [1.807, 2.05) is 4.57 Å². The minimum Gasteiger partial charge on any atom is -0.382 e. The molecule has 0 aromatic carbocycles. The Labute approximate surface area is 98.7 Å². The number of hydrogen-bond donors (Lipinski definition) is 1. The molecule has 5 nitrogen and oxygen atoms in total. The van der Waals surface area contributed by atoms with Crippen LogP contribution in [0.2, 0.25) is 0 Å². The van der Waals surface area contributed by atoms with Gasteiger partial charge < -0.3 is 10.3 Å². The van der Waals surface area contributed by atoms with Gasteiger partial charge in [0.2, 0.25) is 0 Å². The van der Waals surface area contributed by atoms with Gasteiger partial charge in [-0.3, -0.25) is 0 Å². The summed E-state index contributed by atoms with van der Waals surface area (Å²) in [6.45, 7) is 0.875. The Balaban J connectivity index is 1.83. The van der Waals surface area contributed by atoms with E-state index in [4.69, 9.17) is 5.73 Å². The van der Waals surface area contributed by atoms with Crippen LogP contribution in [0.1, 0.15) is 12.8 Å². The van der Waals surface area contributed by atoms with Crippen LogP contribution in [0.3, 0.4) is 0 Å². The summed E-state index contributed by atoms with van der Waals surface area (Å²) < 4.78 is 2.02. The van der Waals surface area contributed by atoms with Crippen molar-refractivity contribution in [1.82, 2.24) is 19.5 Å². The molecule has 5 heteroatoms. The van der Waals surface area contributed by atoms with Crippen LogP contribution in [0.4, 0.5) is 5.82 Å². The first-order valence-corrected chi connectivity index (χ1v) is 5.60. The number of hydrogen-bond acceptors (Lipinski definition) is 4. The maximum atomic E-state index is 5.74. The summed E-state index contributed by atoms with van der Waals surface area (Å²) in [7, 11) is 0. The summed E-state index contributed by atoms with van der Waals surface area (Å²) in [4.78, 5) is 12.4. The SMILES string of the molecule is Nc1ncnc2c1ncn2CCC1=CC=CC1. The van der Waals surface area contributed by atoms with Crippen molar-refractivity contribution in [2.45, 2.75) is 19.4 Å². The molecular weight excluding hydrogens is 214 g/mol. The van der Waals surface area contributed by atoms with Gasteiger partial charge in [-0.1, -0.05) is 23.8 Å². The summed E-state index contributed by atoms with van der Waals surface area (Å²) in [5.41, 5.74) is 8.67. The highest BCUT2D eigenvalue weighted by molar-refractivity contribution is 5.81. The van der Waals surface area contributed by atoms with Crippen molar-refractivity contribution in [2.24, 2.45) is 0 Å². The van der Waals surface area contributed by atoms with Crippen LogP contribution in [-0.4, -0.2) is 19.5 Å². The van der Waals surface area contributed by atoms with Crippen molar-refractivity contribution < 1.29 is 0 Å². The minimum atomic E-state index is 0.440. The number of nitrogens with zero attached hydrogens (tertiary/aromatic N) is 4. The van der Waals surface area contributed by atoms with E-state index in [0.717, 1.165) is 25.0 Å². The molecule has 2 aromatic rings. The third-order valence-corrected chi connectivity index (χ3v) is 2.95. The first-order valence-electron chi connectivity index (χ1n) is 5.60. The van der Waals surface area contributed by atoms with Crippen molar-refractivity contribution in [3.05, 3.63) is 36.5 Å². The van der Waals surface area contributed by atoms with Gasteiger partial charge >= 0.3 is 0 Å². The Morgan fingerprint density at radius 2 is 2.24 bits per heavy atom. The molecule has 2 heterocycles. The number of anilines is 1. The van der Waals surface area contributed by atoms with Gasteiger partial charge in [-0.25, -0.2) is 15.0 Å². The van der Waals surface area contributed by atoms with Crippen molar-refractivity contribution in [2.75, 3.05) is 5.73 Å². The van der Waals surface area contributed by atoms with Crippen LogP contribution in [0, 0.1) is 0 Å². The molecule has 0 bridgehead atoms. The molecule has 0 unspecified atom stereocenters. The Kier molecular flexibility index (Phi) is 2.36. The molecule has 0 radical (unpaired) electrons. The fourth-order valence-corrected chi connectivity index (χ4v) is 2.00. The van der Waals surface area contributed by atoms with Crippen molar-refractivity contribution in [3.8, 4) is 0 Å². The number of nitrogens with two attached hydrogens (primary N) is 1. The number of imidazole rings is 1. The molecular formula is C12H13N5. The van der Waals surface area contributed by atoms with Gasteiger partial charge in [0, 0.05) is 6.54 Å². The van der Waals surface area contributed by atoms with Gasteiger partial charge in [0.15, 0.2) is 11.5 Å². The largest absolute Gasteiger partial charge is 0.382 e. The van der Waals surface area contributed by atoms with Crippen LogP contribution >= 0.6 is 0 Å². The summed E-state index contributed by atoms with van der Waals surface area (Å²) in [6, 6.07) is 0. The third kappa shape index (κ3) is 1.80. The second-order valence-corrected chi connectivity index (χ2v) is 4.08. The van der Waals surface area contributed by atoms with Crippen molar-refractivity contribution >= 4 is 17.0 Å². The monoisotopic (exact) mass is 227 g/mol. The predicted molar refractivity (Wildman–Crippen MR) is 66.2 cm³/mol.